The molecule has 4 aromatic rings. The number of halogens is 3. The average Bonchev–Trinajstić information content (AvgIpc) is 3.25. The molecule has 0 spiro atoms. The van der Waals surface area contributed by atoms with Crippen molar-refractivity contribution in [2.24, 2.45) is 0 Å². The van der Waals surface area contributed by atoms with Crippen LogP contribution in [0, 0.1) is 27.7 Å². The largest absolute Gasteiger partial charge is 0.453 e. The van der Waals surface area contributed by atoms with E-state index in [2.05, 4.69) is 25.4 Å². The fraction of sp³-hybridized carbons (Fsp3) is 0.350. The Kier molecular flexibility index (Phi) is 5.16. The summed E-state index contributed by atoms with van der Waals surface area (Å²) < 4.78 is 40.8. The highest BCUT2D eigenvalue weighted by Gasteiger charge is 2.37. The van der Waals surface area contributed by atoms with Crippen molar-refractivity contribution in [3.05, 3.63) is 46.0 Å². The molecular formula is C20H19F3N6OS. The Morgan fingerprint density at radius 3 is 2.58 bits per heavy atom. The number of rotatable bonds is 4. The molecule has 1 aromatic carbocycles. The molecule has 0 aliphatic rings. The number of hydrogen-bond acceptors (Lipinski definition) is 6. The second-order valence-corrected chi connectivity index (χ2v) is 8.43. The summed E-state index contributed by atoms with van der Waals surface area (Å²) in [7, 11) is 0. The second-order valence-electron chi connectivity index (χ2n) is 7.40. The van der Waals surface area contributed by atoms with E-state index >= 15 is 0 Å². The summed E-state index contributed by atoms with van der Waals surface area (Å²) in [5.41, 5.74) is 4.69. The highest BCUT2D eigenvalue weighted by Crippen LogP contribution is 2.30. The number of aromatic nitrogens is 5. The highest BCUT2D eigenvalue weighted by molar-refractivity contribution is 7.22. The van der Waals surface area contributed by atoms with Crippen LogP contribution in [-0.2, 0) is 17.4 Å². The number of aryl methyl sites for hydroxylation is 4. The third-order valence-electron chi connectivity index (χ3n) is 4.98. The lowest BCUT2D eigenvalue weighted by molar-refractivity contribution is -0.144. The van der Waals surface area contributed by atoms with Crippen molar-refractivity contribution in [2.45, 2.75) is 46.7 Å². The molecule has 0 radical (unpaired) electrons. The van der Waals surface area contributed by atoms with Crippen LogP contribution in [0.3, 0.4) is 0 Å². The molecule has 7 nitrogen and oxygen atoms in total. The van der Waals surface area contributed by atoms with Crippen molar-refractivity contribution in [1.82, 2.24) is 24.6 Å². The number of alkyl halides is 3. The zero-order valence-electron chi connectivity index (χ0n) is 17.3. The minimum Gasteiger partial charge on any atom is -0.302 e. The summed E-state index contributed by atoms with van der Waals surface area (Å²) in [5.74, 6) is -1.59. The summed E-state index contributed by atoms with van der Waals surface area (Å²) in [6.45, 7) is 7.31. The van der Waals surface area contributed by atoms with E-state index in [4.69, 9.17) is 0 Å². The molecule has 0 aliphatic carbocycles. The Morgan fingerprint density at radius 2 is 1.87 bits per heavy atom. The van der Waals surface area contributed by atoms with Gasteiger partial charge in [-0.15, -0.1) is 5.10 Å². The van der Waals surface area contributed by atoms with E-state index in [0.29, 0.717) is 28.5 Å². The van der Waals surface area contributed by atoms with E-state index in [1.807, 2.05) is 26.0 Å². The molecule has 3 heterocycles. The van der Waals surface area contributed by atoms with Gasteiger partial charge >= 0.3 is 6.18 Å². The quantitative estimate of drug-likeness (QED) is 0.495. The number of thiazole rings is 1. The monoisotopic (exact) mass is 448 g/mol. The van der Waals surface area contributed by atoms with Gasteiger partial charge in [-0.1, -0.05) is 17.4 Å². The van der Waals surface area contributed by atoms with Crippen molar-refractivity contribution in [3.63, 3.8) is 0 Å². The molecule has 3 aromatic heterocycles. The smallest absolute Gasteiger partial charge is 0.302 e. The van der Waals surface area contributed by atoms with E-state index in [-0.39, 0.29) is 18.1 Å². The SMILES string of the molecule is Cc1cc(C)c2nc(NC(=O)CCc3c(C)nc4nc(C(F)(F)F)nn4c3C)sc2c1. The number of nitrogens with one attached hydrogen (secondary N) is 1. The number of benzene rings is 1. The van der Waals surface area contributed by atoms with Crippen LogP contribution in [0.2, 0.25) is 0 Å². The van der Waals surface area contributed by atoms with Gasteiger partial charge in [0.25, 0.3) is 11.6 Å². The van der Waals surface area contributed by atoms with E-state index in [1.54, 1.807) is 13.8 Å². The van der Waals surface area contributed by atoms with Crippen LogP contribution in [-0.4, -0.2) is 30.5 Å². The Morgan fingerprint density at radius 1 is 1.13 bits per heavy atom. The van der Waals surface area contributed by atoms with Gasteiger partial charge in [-0.3, -0.25) is 4.79 Å². The van der Waals surface area contributed by atoms with Gasteiger partial charge in [0.15, 0.2) is 5.13 Å². The Hall–Kier alpha value is -3.08. The van der Waals surface area contributed by atoms with Gasteiger partial charge in [0, 0.05) is 17.8 Å². The van der Waals surface area contributed by atoms with Gasteiger partial charge in [-0.2, -0.15) is 18.2 Å². The summed E-state index contributed by atoms with van der Waals surface area (Å²) >= 11 is 1.40. The van der Waals surface area contributed by atoms with E-state index < -0.39 is 12.0 Å². The van der Waals surface area contributed by atoms with Crippen LogP contribution in [0.15, 0.2) is 12.1 Å². The zero-order valence-corrected chi connectivity index (χ0v) is 18.1. The van der Waals surface area contributed by atoms with Crippen molar-refractivity contribution in [2.75, 3.05) is 5.32 Å². The Labute approximate surface area is 179 Å². The molecule has 0 atom stereocenters. The van der Waals surface area contributed by atoms with E-state index in [0.717, 1.165) is 25.9 Å². The molecule has 4 rings (SSSR count). The first-order valence-corrected chi connectivity index (χ1v) is 10.3. The Bertz CT molecular complexity index is 1320. The van der Waals surface area contributed by atoms with Crippen molar-refractivity contribution < 1.29 is 18.0 Å². The predicted molar refractivity (Wildman–Crippen MR) is 111 cm³/mol. The molecule has 0 saturated carbocycles. The van der Waals surface area contributed by atoms with Crippen LogP contribution in [0.4, 0.5) is 18.3 Å². The fourth-order valence-electron chi connectivity index (χ4n) is 3.53. The molecule has 31 heavy (non-hydrogen) atoms. The van der Waals surface area contributed by atoms with Gasteiger partial charge in [-0.25, -0.2) is 14.5 Å². The van der Waals surface area contributed by atoms with Crippen LogP contribution in [0.5, 0.6) is 0 Å². The topological polar surface area (TPSA) is 85.1 Å². The fourth-order valence-corrected chi connectivity index (χ4v) is 4.59. The zero-order chi connectivity index (χ0) is 22.5. The average molecular weight is 448 g/mol. The third kappa shape index (κ3) is 4.09. The van der Waals surface area contributed by atoms with Crippen molar-refractivity contribution >= 4 is 38.4 Å². The number of hydrogen-bond donors (Lipinski definition) is 1. The third-order valence-corrected chi connectivity index (χ3v) is 5.90. The molecule has 162 valence electrons. The maximum absolute atomic E-state index is 12.9. The number of nitrogens with zero attached hydrogens (tertiary/aromatic N) is 5. The predicted octanol–water partition coefficient (Wildman–Crippen LogP) is 4.56. The van der Waals surface area contributed by atoms with Crippen LogP contribution < -0.4 is 5.32 Å². The normalized spacial score (nSPS) is 12.1. The summed E-state index contributed by atoms with van der Waals surface area (Å²) in [6.07, 6.45) is -4.22. The first kappa shape index (κ1) is 21.2. The lowest BCUT2D eigenvalue weighted by Crippen LogP contribution is -2.14. The highest BCUT2D eigenvalue weighted by atomic mass is 32.1. The summed E-state index contributed by atoms with van der Waals surface area (Å²) in [4.78, 5) is 24.6. The summed E-state index contributed by atoms with van der Waals surface area (Å²) in [5, 5.41) is 6.86. The number of anilines is 1. The molecular weight excluding hydrogens is 429 g/mol. The van der Waals surface area contributed by atoms with Gasteiger partial charge in [-0.05, 0) is 56.9 Å². The molecule has 0 saturated heterocycles. The number of carbonyl (C=O) groups is 1. The number of fused-ring (bicyclic) bond motifs is 2. The molecule has 1 amide bonds. The van der Waals surface area contributed by atoms with Gasteiger partial charge in [0.05, 0.1) is 10.2 Å². The lowest BCUT2D eigenvalue weighted by Gasteiger charge is -2.10. The number of carbonyl (C=O) groups excluding carboxylic acids is 1. The summed E-state index contributed by atoms with van der Waals surface area (Å²) in [6, 6.07) is 4.06. The minimum absolute atomic E-state index is 0.115. The first-order chi connectivity index (χ1) is 14.5. The van der Waals surface area contributed by atoms with Crippen LogP contribution >= 0.6 is 11.3 Å². The molecule has 11 heteroatoms. The Balaban J connectivity index is 1.52. The van der Waals surface area contributed by atoms with Crippen LogP contribution in [0.25, 0.3) is 16.0 Å². The van der Waals surface area contributed by atoms with Crippen molar-refractivity contribution in [3.8, 4) is 0 Å². The van der Waals surface area contributed by atoms with Gasteiger partial charge < -0.3 is 5.32 Å². The van der Waals surface area contributed by atoms with Gasteiger partial charge in [0.2, 0.25) is 5.91 Å². The van der Waals surface area contributed by atoms with Crippen molar-refractivity contribution in [1.29, 1.82) is 0 Å². The molecule has 0 bridgehead atoms. The molecule has 0 unspecified atom stereocenters. The standard InChI is InChI=1S/C20H19F3N6OS/c1-9-7-10(2)16-14(8-9)31-19(26-16)25-15(30)6-5-13-11(3)24-18-27-17(20(21,22)23)28-29(18)12(13)4/h7-8H,5-6H2,1-4H3,(H,25,26,30). The first-order valence-electron chi connectivity index (χ1n) is 9.50. The molecule has 0 aliphatic heterocycles. The maximum atomic E-state index is 12.9. The number of amides is 1. The second kappa shape index (κ2) is 7.56. The van der Waals surface area contributed by atoms with Crippen LogP contribution in [0.1, 0.15) is 40.3 Å². The van der Waals surface area contributed by atoms with Gasteiger partial charge in [0.1, 0.15) is 0 Å². The maximum Gasteiger partial charge on any atom is 0.453 e. The lowest BCUT2D eigenvalue weighted by atomic mass is 10.1. The minimum atomic E-state index is -4.65. The molecule has 1 N–H and O–H groups in total. The van der Waals surface area contributed by atoms with E-state index in [9.17, 15) is 18.0 Å². The van der Waals surface area contributed by atoms with E-state index in [1.165, 1.54) is 11.3 Å². The molecule has 0 fully saturated rings.